The number of likely N-dealkylation sites (N-methyl/N-ethyl adjacent to an activating group) is 1. The number of ether oxygens (including phenoxy) is 1. The highest BCUT2D eigenvalue weighted by molar-refractivity contribution is 5.86. The van der Waals surface area contributed by atoms with Crippen LogP contribution in [0.25, 0.3) is 11.0 Å². The van der Waals surface area contributed by atoms with Crippen molar-refractivity contribution in [1.82, 2.24) is 10.1 Å². The zero-order valence-corrected chi connectivity index (χ0v) is 13.0. The first-order valence-corrected chi connectivity index (χ1v) is 7.89. The molecule has 2 aromatic rings. The molecule has 0 bridgehead atoms. The molecule has 3 rings (SSSR count). The molecule has 1 amide bonds. The van der Waals surface area contributed by atoms with Crippen LogP contribution in [0.2, 0.25) is 0 Å². The fourth-order valence-corrected chi connectivity index (χ4v) is 2.88. The Bertz CT molecular complexity index is 632. The summed E-state index contributed by atoms with van der Waals surface area (Å²) < 4.78 is 10.6. The van der Waals surface area contributed by atoms with Gasteiger partial charge in [0.15, 0.2) is 5.58 Å². The number of nitrogens with zero attached hydrogens (tertiary/aromatic N) is 2. The summed E-state index contributed by atoms with van der Waals surface area (Å²) in [6, 6.07) is 7.64. The number of amides is 1. The fraction of sp³-hybridized carbons (Fsp3) is 0.529. The molecule has 1 aliphatic heterocycles. The number of hydrogen-bond acceptors (Lipinski definition) is 4. The van der Waals surface area contributed by atoms with Crippen LogP contribution in [-0.4, -0.2) is 42.8 Å². The van der Waals surface area contributed by atoms with Gasteiger partial charge in [0.25, 0.3) is 0 Å². The minimum Gasteiger partial charge on any atom is -0.381 e. The van der Waals surface area contributed by atoms with Gasteiger partial charge in [0, 0.05) is 32.2 Å². The summed E-state index contributed by atoms with van der Waals surface area (Å²) in [5.41, 5.74) is 1.45. The first-order valence-electron chi connectivity index (χ1n) is 7.89. The summed E-state index contributed by atoms with van der Waals surface area (Å²) in [6.45, 7) is 2.50. The van der Waals surface area contributed by atoms with Crippen LogP contribution < -0.4 is 0 Å². The van der Waals surface area contributed by atoms with Crippen molar-refractivity contribution in [2.24, 2.45) is 5.92 Å². The van der Waals surface area contributed by atoms with Crippen molar-refractivity contribution in [3.63, 3.8) is 0 Å². The van der Waals surface area contributed by atoms with Crippen LogP contribution >= 0.6 is 0 Å². The van der Waals surface area contributed by atoms with Crippen molar-refractivity contribution in [2.75, 3.05) is 26.8 Å². The molecule has 0 saturated carbocycles. The smallest absolute Gasteiger partial charge is 0.228 e. The van der Waals surface area contributed by atoms with Crippen LogP contribution in [0.3, 0.4) is 0 Å². The summed E-state index contributed by atoms with van der Waals surface area (Å²) in [6.07, 6.45) is 3.55. The number of fused-ring (bicyclic) bond motifs is 1. The maximum absolute atomic E-state index is 12.3. The highest BCUT2D eigenvalue weighted by atomic mass is 16.5. The molecule has 0 atom stereocenters. The third kappa shape index (κ3) is 3.47. The number of para-hydroxylation sites is 1. The predicted molar refractivity (Wildman–Crippen MR) is 83.5 cm³/mol. The van der Waals surface area contributed by atoms with Gasteiger partial charge in [-0.3, -0.25) is 4.79 Å². The molecule has 22 heavy (non-hydrogen) atoms. The Morgan fingerprint density at radius 3 is 2.91 bits per heavy atom. The minimum absolute atomic E-state index is 0.0890. The van der Waals surface area contributed by atoms with Gasteiger partial charge in [-0.05, 0) is 37.3 Å². The number of carbonyl (C=O) groups excluding carboxylic acids is 1. The standard InChI is InChI=1S/C17H22N2O3/c1-19(9-6-13-7-10-21-11-8-13)17(20)12-15-14-4-2-3-5-16(14)22-18-15/h2-5,13H,6-12H2,1H3. The molecular weight excluding hydrogens is 280 g/mol. The molecular formula is C17H22N2O3. The van der Waals surface area contributed by atoms with Crippen molar-refractivity contribution in [3.8, 4) is 0 Å². The summed E-state index contributed by atoms with van der Waals surface area (Å²) in [7, 11) is 1.87. The number of carbonyl (C=O) groups is 1. The average molecular weight is 302 g/mol. The Kier molecular flexibility index (Phi) is 4.73. The van der Waals surface area contributed by atoms with Gasteiger partial charge in [0.05, 0.1) is 6.42 Å². The van der Waals surface area contributed by atoms with Crippen LogP contribution in [0.4, 0.5) is 0 Å². The van der Waals surface area contributed by atoms with Gasteiger partial charge in [-0.25, -0.2) is 0 Å². The lowest BCUT2D eigenvalue weighted by atomic mass is 9.96. The number of benzene rings is 1. The second-order valence-electron chi connectivity index (χ2n) is 5.96. The van der Waals surface area contributed by atoms with Crippen molar-refractivity contribution < 1.29 is 14.1 Å². The number of hydrogen-bond donors (Lipinski definition) is 0. The third-order valence-corrected chi connectivity index (χ3v) is 4.41. The highest BCUT2D eigenvalue weighted by Gasteiger charge is 2.18. The Labute approximate surface area is 130 Å². The van der Waals surface area contributed by atoms with Gasteiger partial charge < -0.3 is 14.2 Å². The van der Waals surface area contributed by atoms with Crippen LogP contribution in [0.15, 0.2) is 28.8 Å². The van der Waals surface area contributed by atoms with Crippen molar-refractivity contribution in [3.05, 3.63) is 30.0 Å². The fourth-order valence-electron chi connectivity index (χ4n) is 2.88. The predicted octanol–water partition coefficient (Wildman–Crippen LogP) is 2.65. The van der Waals surface area contributed by atoms with E-state index < -0.39 is 0 Å². The number of rotatable bonds is 5. The average Bonchev–Trinajstić information content (AvgIpc) is 2.97. The van der Waals surface area contributed by atoms with Gasteiger partial charge in [-0.1, -0.05) is 17.3 Å². The zero-order valence-electron chi connectivity index (χ0n) is 13.0. The lowest BCUT2D eigenvalue weighted by molar-refractivity contribution is -0.129. The van der Waals surface area contributed by atoms with Crippen molar-refractivity contribution in [1.29, 1.82) is 0 Å². The summed E-state index contributed by atoms with van der Waals surface area (Å²) in [4.78, 5) is 14.2. The van der Waals surface area contributed by atoms with E-state index in [2.05, 4.69) is 5.16 Å². The summed E-state index contributed by atoms with van der Waals surface area (Å²) in [5.74, 6) is 0.767. The molecule has 0 unspecified atom stereocenters. The van der Waals surface area contributed by atoms with Crippen molar-refractivity contribution in [2.45, 2.75) is 25.7 Å². The Morgan fingerprint density at radius 2 is 2.09 bits per heavy atom. The largest absolute Gasteiger partial charge is 0.381 e. The number of aromatic nitrogens is 1. The van der Waals surface area contributed by atoms with Crippen LogP contribution in [-0.2, 0) is 16.0 Å². The van der Waals surface area contributed by atoms with E-state index in [4.69, 9.17) is 9.26 Å². The molecule has 1 saturated heterocycles. The lowest BCUT2D eigenvalue weighted by Crippen LogP contribution is -2.31. The molecule has 0 aliphatic carbocycles. The molecule has 118 valence electrons. The first kappa shape index (κ1) is 15.0. The Morgan fingerprint density at radius 1 is 1.32 bits per heavy atom. The molecule has 5 nitrogen and oxygen atoms in total. The lowest BCUT2D eigenvalue weighted by Gasteiger charge is -2.24. The molecule has 0 radical (unpaired) electrons. The van der Waals surface area contributed by atoms with Crippen LogP contribution in [0.5, 0.6) is 0 Å². The molecule has 1 aromatic heterocycles. The van der Waals surface area contributed by atoms with E-state index in [1.165, 1.54) is 0 Å². The monoisotopic (exact) mass is 302 g/mol. The molecule has 0 spiro atoms. The highest BCUT2D eigenvalue weighted by Crippen LogP contribution is 2.20. The third-order valence-electron chi connectivity index (χ3n) is 4.41. The van der Waals surface area contributed by atoms with E-state index in [-0.39, 0.29) is 5.91 Å². The second-order valence-corrected chi connectivity index (χ2v) is 5.96. The molecule has 2 heterocycles. The molecule has 1 aliphatic rings. The van der Waals surface area contributed by atoms with Gasteiger partial charge in [-0.2, -0.15) is 0 Å². The van der Waals surface area contributed by atoms with E-state index in [0.717, 1.165) is 55.7 Å². The molecule has 5 heteroatoms. The van der Waals surface area contributed by atoms with Gasteiger partial charge in [0.1, 0.15) is 5.69 Å². The van der Waals surface area contributed by atoms with Crippen molar-refractivity contribution >= 4 is 16.9 Å². The Balaban J connectivity index is 1.54. The van der Waals surface area contributed by atoms with Crippen LogP contribution in [0, 0.1) is 5.92 Å². The van der Waals surface area contributed by atoms with Gasteiger partial charge >= 0.3 is 0 Å². The van der Waals surface area contributed by atoms with E-state index >= 15 is 0 Å². The van der Waals surface area contributed by atoms with E-state index in [0.29, 0.717) is 12.3 Å². The van der Waals surface area contributed by atoms with Gasteiger partial charge in [-0.15, -0.1) is 0 Å². The SMILES string of the molecule is CN(CCC1CCOCC1)C(=O)Cc1noc2ccccc12. The maximum atomic E-state index is 12.3. The first-order chi connectivity index (χ1) is 10.7. The minimum atomic E-state index is 0.0890. The van der Waals surface area contributed by atoms with E-state index in [1.807, 2.05) is 31.3 Å². The molecule has 0 N–H and O–H groups in total. The summed E-state index contributed by atoms with van der Waals surface area (Å²) >= 11 is 0. The normalized spacial score (nSPS) is 16.0. The zero-order chi connectivity index (χ0) is 15.4. The second kappa shape index (κ2) is 6.92. The van der Waals surface area contributed by atoms with E-state index in [1.54, 1.807) is 4.90 Å². The molecule has 1 fully saturated rings. The van der Waals surface area contributed by atoms with E-state index in [9.17, 15) is 4.79 Å². The Hall–Kier alpha value is -1.88. The maximum Gasteiger partial charge on any atom is 0.228 e. The quantitative estimate of drug-likeness (QED) is 0.852. The van der Waals surface area contributed by atoms with Gasteiger partial charge in [0.2, 0.25) is 5.91 Å². The topological polar surface area (TPSA) is 55.6 Å². The molecule has 1 aromatic carbocycles. The van der Waals surface area contributed by atoms with Crippen LogP contribution in [0.1, 0.15) is 25.0 Å². The summed E-state index contributed by atoms with van der Waals surface area (Å²) in [5, 5.41) is 4.95.